The Kier molecular flexibility index (Phi) is 5.00. The normalized spacial score (nSPS) is 17.7. The van der Waals surface area contributed by atoms with Crippen molar-refractivity contribution in [1.82, 2.24) is 0 Å². The Balaban J connectivity index is 2.38. The van der Waals surface area contributed by atoms with Gasteiger partial charge in [0.1, 0.15) is 22.9 Å². The van der Waals surface area contributed by atoms with Crippen molar-refractivity contribution in [2.75, 3.05) is 14.2 Å². The molecule has 2 rings (SSSR count). The predicted octanol–water partition coefficient (Wildman–Crippen LogP) is 4.26. The molecule has 0 spiro atoms. The molecule has 0 atom stereocenters. The van der Waals surface area contributed by atoms with E-state index in [2.05, 4.69) is 4.99 Å². The van der Waals surface area contributed by atoms with Gasteiger partial charge in [-0.1, -0.05) is 25.4 Å². The number of hydrogen-bond acceptors (Lipinski definition) is 5. The molecule has 0 aliphatic heterocycles. The lowest BCUT2D eigenvalue weighted by Gasteiger charge is -2.28. The smallest absolute Gasteiger partial charge is 0.168 e. The highest BCUT2D eigenvalue weighted by molar-refractivity contribution is 6.32. The third kappa shape index (κ3) is 3.85. The van der Waals surface area contributed by atoms with Crippen molar-refractivity contribution in [2.24, 2.45) is 10.4 Å². The van der Waals surface area contributed by atoms with Crippen LogP contribution in [0.1, 0.15) is 26.7 Å². The number of carbonyl (C=O) groups excluding carboxylic acids is 1. The van der Waals surface area contributed by atoms with Crippen LogP contribution in [0.25, 0.3) is 0 Å². The maximum atomic E-state index is 12.2. The van der Waals surface area contributed by atoms with Crippen molar-refractivity contribution in [2.45, 2.75) is 26.7 Å². The van der Waals surface area contributed by atoms with Gasteiger partial charge in [-0.25, -0.2) is 0 Å². The van der Waals surface area contributed by atoms with E-state index in [-0.39, 0.29) is 22.5 Å². The van der Waals surface area contributed by atoms with Gasteiger partial charge < -0.3 is 14.6 Å². The van der Waals surface area contributed by atoms with E-state index in [1.807, 2.05) is 13.8 Å². The van der Waals surface area contributed by atoms with Gasteiger partial charge in [-0.3, -0.25) is 9.79 Å². The lowest BCUT2D eigenvalue weighted by molar-refractivity contribution is -0.117. The summed E-state index contributed by atoms with van der Waals surface area (Å²) in [5.41, 5.74) is 0.464. The molecule has 1 aliphatic rings. The summed E-state index contributed by atoms with van der Waals surface area (Å²) in [6.45, 7) is 3.89. The number of halogens is 1. The molecular weight excluding hydrogens is 318 g/mol. The summed E-state index contributed by atoms with van der Waals surface area (Å²) in [5, 5.41) is 10.5. The molecule has 1 aromatic rings. The fourth-order valence-corrected chi connectivity index (χ4v) is 2.76. The number of benzene rings is 1. The lowest BCUT2D eigenvalue weighted by atomic mass is 9.77. The van der Waals surface area contributed by atoms with Gasteiger partial charge in [-0.2, -0.15) is 0 Å². The van der Waals surface area contributed by atoms with Crippen LogP contribution in [-0.4, -0.2) is 31.3 Å². The molecule has 0 fully saturated rings. The molecule has 0 saturated heterocycles. The second-order valence-corrected chi connectivity index (χ2v) is 6.63. The quantitative estimate of drug-likeness (QED) is 0.833. The first-order valence-electron chi connectivity index (χ1n) is 7.18. The van der Waals surface area contributed by atoms with Gasteiger partial charge in [0.15, 0.2) is 5.78 Å². The minimum atomic E-state index is -0.236. The van der Waals surface area contributed by atoms with Gasteiger partial charge >= 0.3 is 0 Å². The number of ketones is 1. The Morgan fingerprint density at radius 3 is 2.43 bits per heavy atom. The molecule has 0 unspecified atom stereocenters. The molecule has 0 bridgehead atoms. The highest BCUT2D eigenvalue weighted by atomic mass is 35.5. The first-order chi connectivity index (χ1) is 10.8. The van der Waals surface area contributed by atoms with Crippen molar-refractivity contribution in [3.05, 3.63) is 28.5 Å². The lowest BCUT2D eigenvalue weighted by Crippen LogP contribution is -2.26. The van der Waals surface area contributed by atoms with E-state index in [0.717, 1.165) is 0 Å². The number of nitrogens with zero attached hydrogens (tertiary/aromatic N) is 1. The number of aliphatic hydroxyl groups is 1. The number of methoxy groups -OCH3 is 2. The van der Waals surface area contributed by atoms with Gasteiger partial charge in [0.05, 0.1) is 24.8 Å². The largest absolute Gasteiger partial charge is 0.511 e. The SMILES string of the molecule is COc1cc(N=CC2=C(O)CC(C)(C)CC2=O)c(OC)cc1Cl. The molecule has 1 N–H and O–H groups in total. The Hall–Kier alpha value is -2.01. The third-order valence-electron chi connectivity index (χ3n) is 3.68. The van der Waals surface area contributed by atoms with Crippen LogP contribution in [0.5, 0.6) is 11.5 Å². The summed E-state index contributed by atoms with van der Waals surface area (Å²) in [7, 11) is 3.00. The van der Waals surface area contributed by atoms with E-state index >= 15 is 0 Å². The van der Waals surface area contributed by atoms with Crippen molar-refractivity contribution >= 4 is 29.3 Å². The summed E-state index contributed by atoms with van der Waals surface area (Å²) >= 11 is 6.05. The third-order valence-corrected chi connectivity index (χ3v) is 3.98. The maximum Gasteiger partial charge on any atom is 0.168 e. The van der Waals surface area contributed by atoms with Gasteiger partial charge in [-0.15, -0.1) is 0 Å². The zero-order valence-corrected chi connectivity index (χ0v) is 14.4. The summed E-state index contributed by atoms with van der Waals surface area (Å²) < 4.78 is 10.4. The summed E-state index contributed by atoms with van der Waals surface area (Å²) in [5.74, 6) is 0.849. The van der Waals surface area contributed by atoms with Crippen LogP contribution < -0.4 is 9.47 Å². The van der Waals surface area contributed by atoms with E-state index in [1.54, 1.807) is 12.1 Å². The molecule has 0 heterocycles. The summed E-state index contributed by atoms with van der Waals surface area (Å²) in [6, 6.07) is 3.21. The van der Waals surface area contributed by atoms with Gasteiger partial charge in [-0.05, 0) is 5.41 Å². The second kappa shape index (κ2) is 6.62. The molecule has 6 heteroatoms. The van der Waals surface area contributed by atoms with Crippen LogP contribution in [0.4, 0.5) is 5.69 Å². The van der Waals surface area contributed by atoms with Gasteiger partial charge in [0, 0.05) is 31.2 Å². The number of ether oxygens (including phenoxy) is 2. The second-order valence-electron chi connectivity index (χ2n) is 6.22. The molecule has 1 aromatic carbocycles. The van der Waals surface area contributed by atoms with Gasteiger partial charge in [0.25, 0.3) is 0 Å². The Morgan fingerprint density at radius 2 is 1.87 bits per heavy atom. The van der Waals surface area contributed by atoms with Crippen LogP contribution in [0, 0.1) is 5.41 Å². The number of carbonyl (C=O) groups is 1. The van der Waals surface area contributed by atoms with E-state index in [1.165, 1.54) is 20.4 Å². The fourth-order valence-electron chi connectivity index (χ4n) is 2.53. The minimum absolute atomic E-state index is 0.0647. The average Bonchev–Trinajstić information content (AvgIpc) is 2.45. The van der Waals surface area contributed by atoms with Crippen molar-refractivity contribution in [1.29, 1.82) is 0 Å². The van der Waals surface area contributed by atoms with Crippen LogP contribution >= 0.6 is 11.6 Å². The van der Waals surface area contributed by atoms with Crippen LogP contribution in [0.15, 0.2) is 28.5 Å². The first kappa shape index (κ1) is 17.3. The Bertz CT molecular complexity index is 692. The molecule has 0 amide bonds. The zero-order chi connectivity index (χ0) is 17.2. The van der Waals surface area contributed by atoms with Crippen LogP contribution in [-0.2, 0) is 4.79 Å². The fraction of sp³-hybridized carbons (Fsp3) is 0.412. The van der Waals surface area contributed by atoms with Gasteiger partial charge in [0.2, 0.25) is 0 Å². The van der Waals surface area contributed by atoms with E-state index < -0.39 is 0 Å². The van der Waals surface area contributed by atoms with E-state index in [4.69, 9.17) is 21.1 Å². The van der Waals surface area contributed by atoms with Crippen LogP contribution in [0.2, 0.25) is 5.02 Å². The number of aliphatic imine (C=N–C) groups is 1. The monoisotopic (exact) mass is 337 g/mol. The average molecular weight is 338 g/mol. The first-order valence-corrected chi connectivity index (χ1v) is 7.56. The molecule has 5 nitrogen and oxygen atoms in total. The summed E-state index contributed by atoms with van der Waals surface area (Å²) in [4.78, 5) is 16.5. The predicted molar refractivity (Wildman–Crippen MR) is 90.4 cm³/mol. The number of Topliss-reactive ketones (excluding diaryl/α,β-unsaturated/α-hetero) is 1. The molecule has 124 valence electrons. The molecule has 0 radical (unpaired) electrons. The molecule has 0 saturated carbocycles. The van der Waals surface area contributed by atoms with E-state index in [0.29, 0.717) is 35.1 Å². The molecule has 0 aromatic heterocycles. The Morgan fingerprint density at radius 1 is 1.22 bits per heavy atom. The number of hydrogen-bond donors (Lipinski definition) is 1. The molecule has 23 heavy (non-hydrogen) atoms. The van der Waals surface area contributed by atoms with Crippen LogP contribution in [0.3, 0.4) is 0 Å². The molecule has 1 aliphatic carbocycles. The van der Waals surface area contributed by atoms with Crippen molar-refractivity contribution in [3.63, 3.8) is 0 Å². The number of rotatable bonds is 4. The standard InChI is InChI=1S/C17H20ClNO4/c1-17(2)7-13(20)10(14(21)8-17)9-19-12-6-15(22-3)11(18)5-16(12)23-4/h5-6,9,20H,7-8H2,1-4H3. The number of allylic oxidation sites excluding steroid dienone is 2. The maximum absolute atomic E-state index is 12.2. The number of aliphatic hydroxyl groups excluding tert-OH is 1. The van der Waals surface area contributed by atoms with Crippen molar-refractivity contribution in [3.8, 4) is 11.5 Å². The zero-order valence-electron chi connectivity index (χ0n) is 13.6. The topological polar surface area (TPSA) is 68.1 Å². The Labute approximate surface area is 140 Å². The van der Waals surface area contributed by atoms with E-state index in [9.17, 15) is 9.90 Å². The minimum Gasteiger partial charge on any atom is -0.511 e. The molecular formula is C17H20ClNO4. The summed E-state index contributed by atoms with van der Waals surface area (Å²) in [6.07, 6.45) is 2.19. The highest BCUT2D eigenvalue weighted by Gasteiger charge is 2.32. The van der Waals surface area contributed by atoms with Crippen molar-refractivity contribution < 1.29 is 19.4 Å². The highest BCUT2D eigenvalue weighted by Crippen LogP contribution is 2.38.